The topological polar surface area (TPSA) is 119 Å². The van der Waals surface area contributed by atoms with Gasteiger partial charge in [-0.3, -0.25) is 19.3 Å². The van der Waals surface area contributed by atoms with Gasteiger partial charge in [0.05, 0.1) is 12.0 Å². The van der Waals surface area contributed by atoms with Gasteiger partial charge in [0.1, 0.15) is 10.9 Å². The number of amides is 2. The number of carbonyl (C=O) groups is 3. The zero-order chi connectivity index (χ0) is 18.6. The summed E-state index contributed by atoms with van der Waals surface area (Å²) in [5, 5.41) is 8.83. The lowest BCUT2D eigenvalue weighted by Gasteiger charge is -2.11. The van der Waals surface area contributed by atoms with Crippen LogP contribution in [0, 0.1) is 0 Å². The van der Waals surface area contributed by atoms with Gasteiger partial charge in [-0.2, -0.15) is 0 Å². The number of rotatable bonds is 7. The van der Waals surface area contributed by atoms with Crippen molar-refractivity contribution in [2.24, 2.45) is 5.73 Å². The first kappa shape index (κ1) is 18.7. The molecule has 0 atom stereocenters. The van der Waals surface area contributed by atoms with Gasteiger partial charge in [0, 0.05) is 0 Å². The number of hydrogen-bond acceptors (Lipinski definition) is 7. The zero-order valence-electron chi connectivity index (χ0n) is 13.1. The number of benzene rings is 1. The van der Waals surface area contributed by atoms with Crippen LogP contribution in [-0.2, 0) is 14.4 Å². The van der Waals surface area contributed by atoms with E-state index in [2.05, 4.69) is 0 Å². The van der Waals surface area contributed by atoms with Gasteiger partial charge in [-0.25, -0.2) is 0 Å². The summed E-state index contributed by atoms with van der Waals surface area (Å²) >= 11 is 6.04. The second-order valence-corrected chi connectivity index (χ2v) is 6.50. The van der Waals surface area contributed by atoms with Crippen molar-refractivity contribution in [3.63, 3.8) is 0 Å². The Morgan fingerprint density at radius 1 is 1.40 bits per heavy atom. The van der Waals surface area contributed by atoms with Crippen molar-refractivity contribution in [1.29, 1.82) is 0 Å². The smallest absolute Gasteiger partial charge is 0.323 e. The number of carboxylic acid groups (broad SMARTS) is 1. The average molecular weight is 382 g/mol. The molecule has 8 nitrogen and oxygen atoms in total. The maximum absolute atomic E-state index is 12.2. The number of nitrogens with two attached hydrogens (primary N) is 1. The summed E-state index contributed by atoms with van der Waals surface area (Å²) in [6, 6.07) is 4.87. The minimum Gasteiger partial charge on any atom is -0.493 e. The van der Waals surface area contributed by atoms with E-state index in [0.717, 1.165) is 16.7 Å². The average Bonchev–Trinajstić information content (AvgIpc) is 2.80. The molecule has 1 aliphatic heterocycles. The molecule has 10 heteroatoms. The SMILES string of the molecule is COc1ccc(/C=C2\SC(=S)N(CC(=O)O)C2=O)cc1OCC(N)=O. The number of aliphatic carboxylic acids is 1. The molecule has 3 N–H and O–H groups in total. The van der Waals surface area contributed by atoms with Gasteiger partial charge in [0.25, 0.3) is 11.8 Å². The minimum absolute atomic E-state index is 0.178. The van der Waals surface area contributed by atoms with Crippen LogP contribution in [0.5, 0.6) is 11.5 Å². The van der Waals surface area contributed by atoms with E-state index in [1.54, 1.807) is 24.3 Å². The van der Waals surface area contributed by atoms with Crippen LogP contribution in [0.2, 0.25) is 0 Å². The Morgan fingerprint density at radius 2 is 2.12 bits per heavy atom. The van der Waals surface area contributed by atoms with Crippen molar-refractivity contribution in [3.05, 3.63) is 28.7 Å². The molecule has 0 unspecified atom stereocenters. The monoisotopic (exact) mass is 382 g/mol. The van der Waals surface area contributed by atoms with Gasteiger partial charge in [0.2, 0.25) is 0 Å². The maximum Gasteiger partial charge on any atom is 0.323 e. The zero-order valence-corrected chi connectivity index (χ0v) is 14.7. The predicted molar refractivity (Wildman–Crippen MR) is 95.2 cm³/mol. The summed E-state index contributed by atoms with van der Waals surface area (Å²) < 4.78 is 10.6. The van der Waals surface area contributed by atoms with Crippen molar-refractivity contribution in [2.45, 2.75) is 0 Å². The lowest BCUT2D eigenvalue weighted by atomic mass is 10.2. The molecule has 1 heterocycles. The number of hydrogen-bond donors (Lipinski definition) is 2. The highest BCUT2D eigenvalue weighted by Gasteiger charge is 2.33. The normalized spacial score (nSPS) is 15.6. The lowest BCUT2D eigenvalue weighted by molar-refractivity contribution is -0.140. The standard InChI is InChI=1S/C15H14N2O6S2/c1-22-9-3-2-8(4-10(9)23-7-12(16)18)5-11-14(21)17(6-13(19)20)15(24)25-11/h2-5H,6-7H2,1H3,(H2,16,18)(H,19,20)/b11-5-. The highest BCUT2D eigenvalue weighted by molar-refractivity contribution is 8.26. The van der Waals surface area contributed by atoms with E-state index >= 15 is 0 Å². The van der Waals surface area contributed by atoms with Crippen molar-refractivity contribution >= 4 is 52.2 Å². The van der Waals surface area contributed by atoms with Crippen LogP contribution in [0.4, 0.5) is 0 Å². The molecule has 0 aromatic heterocycles. The molecule has 0 aliphatic carbocycles. The molecular weight excluding hydrogens is 368 g/mol. The first-order valence-corrected chi connectivity index (χ1v) is 8.10. The Balaban J connectivity index is 2.27. The number of thioether (sulfide) groups is 1. The van der Waals surface area contributed by atoms with Crippen molar-refractivity contribution in [2.75, 3.05) is 20.3 Å². The van der Waals surface area contributed by atoms with Crippen LogP contribution in [0.1, 0.15) is 5.56 Å². The number of thiocarbonyl (C=S) groups is 1. The van der Waals surface area contributed by atoms with E-state index in [4.69, 9.17) is 32.5 Å². The van der Waals surface area contributed by atoms with Crippen molar-refractivity contribution < 1.29 is 29.0 Å². The Bertz CT molecular complexity index is 777. The first-order chi connectivity index (χ1) is 11.8. The van der Waals surface area contributed by atoms with E-state index in [1.165, 1.54) is 7.11 Å². The Kier molecular flexibility index (Phi) is 5.99. The van der Waals surface area contributed by atoms with Crippen LogP contribution >= 0.6 is 24.0 Å². The summed E-state index contributed by atoms with van der Waals surface area (Å²) in [5.41, 5.74) is 5.65. The second-order valence-electron chi connectivity index (χ2n) is 4.83. The molecule has 2 rings (SSSR count). The fourth-order valence-corrected chi connectivity index (χ4v) is 3.22. The Hall–Kier alpha value is -2.59. The fourth-order valence-electron chi connectivity index (χ4n) is 1.97. The number of methoxy groups -OCH3 is 1. The molecule has 132 valence electrons. The van der Waals surface area contributed by atoms with E-state index in [9.17, 15) is 14.4 Å². The van der Waals surface area contributed by atoms with E-state index in [-0.39, 0.29) is 21.6 Å². The Labute approximate surface area is 152 Å². The number of carbonyl (C=O) groups excluding carboxylic acids is 2. The van der Waals surface area contributed by atoms with Gasteiger partial charge < -0.3 is 20.3 Å². The van der Waals surface area contributed by atoms with Gasteiger partial charge >= 0.3 is 5.97 Å². The number of primary amides is 1. The molecular formula is C15H14N2O6S2. The largest absolute Gasteiger partial charge is 0.493 e. The summed E-state index contributed by atoms with van der Waals surface area (Å²) in [7, 11) is 1.45. The Morgan fingerprint density at radius 3 is 2.72 bits per heavy atom. The highest BCUT2D eigenvalue weighted by atomic mass is 32.2. The molecule has 1 fully saturated rings. The van der Waals surface area contributed by atoms with Crippen LogP contribution in [0.15, 0.2) is 23.1 Å². The molecule has 2 amide bonds. The third-order valence-corrected chi connectivity index (χ3v) is 4.40. The lowest BCUT2D eigenvalue weighted by Crippen LogP contribution is -2.33. The van der Waals surface area contributed by atoms with E-state index in [1.807, 2.05) is 0 Å². The summed E-state index contributed by atoms with van der Waals surface area (Å²) in [4.78, 5) is 35.2. The number of ether oxygens (including phenoxy) is 2. The van der Waals surface area contributed by atoms with Gasteiger partial charge in [-0.15, -0.1) is 0 Å². The van der Waals surface area contributed by atoms with E-state index < -0.39 is 24.3 Å². The summed E-state index contributed by atoms with van der Waals surface area (Å²) in [5.74, 6) is -1.58. The van der Waals surface area contributed by atoms with E-state index in [0.29, 0.717) is 11.3 Å². The number of carboxylic acids is 1. The quantitative estimate of drug-likeness (QED) is 0.526. The molecule has 1 aliphatic rings. The molecule has 0 saturated carbocycles. The van der Waals surface area contributed by atoms with Crippen molar-refractivity contribution in [3.8, 4) is 11.5 Å². The summed E-state index contributed by atoms with van der Waals surface area (Å²) in [6.07, 6.45) is 1.55. The van der Waals surface area contributed by atoms with Gasteiger partial charge in [-0.05, 0) is 23.8 Å². The molecule has 0 spiro atoms. The highest BCUT2D eigenvalue weighted by Crippen LogP contribution is 2.34. The van der Waals surface area contributed by atoms with Crippen LogP contribution < -0.4 is 15.2 Å². The first-order valence-electron chi connectivity index (χ1n) is 6.88. The minimum atomic E-state index is -1.15. The van der Waals surface area contributed by atoms with Gasteiger partial charge in [0.15, 0.2) is 18.1 Å². The van der Waals surface area contributed by atoms with Gasteiger partial charge in [-0.1, -0.05) is 30.0 Å². The van der Waals surface area contributed by atoms with Crippen LogP contribution in [0.3, 0.4) is 0 Å². The summed E-state index contributed by atoms with van der Waals surface area (Å²) in [6.45, 7) is -0.807. The number of nitrogens with zero attached hydrogens (tertiary/aromatic N) is 1. The van der Waals surface area contributed by atoms with Crippen LogP contribution in [0.25, 0.3) is 6.08 Å². The van der Waals surface area contributed by atoms with Crippen LogP contribution in [-0.4, -0.2) is 52.4 Å². The molecule has 1 aromatic carbocycles. The molecule has 0 bridgehead atoms. The third-order valence-electron chi connectivity index (χ3n) is 3.02. The predicted octanol–water partition coefficient (Wildman–Crippen LogP) is 0.845. The van der Waals surface area contributed by atoms with Crippen molar-refractivity contribution in [1.82, 2.24) is 4.90 Å². The molecule has 0 radical (unpaired) electrons. The molecule has 25 heavy (non-hydrogen) atoms. The maximum atomic E-state index is 12.2. The fraction of sp³-hybridized carbons (Fsp3) is 0.200. The molecule has 1 aromatic rings. The third kappa shape index (κ3) is 4.70. The second kappa shape index (κ2) is 7.99. The molecule has 1 saturated heterocycles.